The Morgan fingerprint density at radius 3 is 2.70 bits per heavy atom. The van der Waals surface area contributed by atoms with Crippen LogP contribution < -0.4 is 0 Å². The number of benzene rings is 1. The van der Waals surface area contributed by atoms with Crippen molar-refractivity contribution < 1.29 is 19.7 Å². The van der Waals surface area contributed by atoms with Gasteiger partial charge in [0.1, 0.15) is 0 Å². The second-order valence-corrected chi connectivity index (χ2v) is 6.57. The number of carboxylic acid groups (broad SMARTS) is 1. The molecular weight excluding hydrogens is 294 g/mol. The average molecular weight is 321 g/mol. The quantitative estimate of drug-likeness (QED) is 0.720. The summed E-state index contributed by atoms with van der Waals surface area (Å²) < 4.78 is 5.13. The van der Waals surface area contributed by atoms with Gasteiger partial charge in [0, 0.05) is 38.8 Å². The van der Waals surface area contributed by atoms with E-state index < -0.39 is 5.97 Å². The molecule has 2 rings (SSSR count). The summed E-state index contributed by atoms with van der Waals surface area (Å²) in [7, 11) is 1.71. The van der Waals surface area contributed by atoms with E-state index in [1.54, 1.807) is 19.2 Å². The molecule has 0 bridgehead atoms. The Kier molecular flexibility index (Phi) is 6.57. The van der Waals surface area contributed by atoms with Crippen LogP contribution in [0.5, 0.6) is 0 Å². The van der Waals surface area contributed by atoms with Crippen LogP contribution in [-0.2, 0) is 11.3 Å². The van der Waals surface area contributed by atoms with Crippen molar-refractivity contribution in [2.45, 2.75) is 32.2 Å². The molecular formula is C18H27NO4. The van der Waals surface area contributed by atoms with Crippen LogP contribution in [0.4, 0.5) is 0 Å². The van der Waals surface area contributed by atoms with Gasteiger partial charge < -0.3 is 14.9 Å². The van der Waals surface area contributed by atoms with Gasteiger partial charge in [0.25, 0.3) is 0 Å². The average Bonchev–Trinajstić information content (AvgIpc) is 2.56. The molecule has 1 atom stereocenters. The fourth-order valence-electron chi connectivity index (χ4n) is 3.46. The van der Waals surface area contributed by atoms with Crippen LogP contribution in [0, 0.1) is 5.41 Å². The Hall–Kier alpha value is -1.43. The first-order chi connectivity index (χ1) is 11.1. The van der Waals surface area contributed by atoms with Crippen LogP contribution >= 0.6 is 0 Å². The molecule has 1 aromatic rings. The summed E-state index contributed by atoms with van der Waals surface area (Å²) in [5.74, 6) is -0.896. The van der Waals surface area contributed by atoms with Crippen LogP contribution in [-0.4, -0.2) is 54.5 Å². The Bertz CT molecular complexity index is 502. The van der Waals surface area contributed by atoms with E-state index in [1.165, 1.54) is 0 Å². The molecule has 0 spiro atoms. The third-order valence-electron chi connectivity index (χ3n) is 4.74. The largest absolute Gasteiger partial charge is 0.478 e. The van der Waals surface area contributed by atoms with Crippen LogP contribution in [0.15, 0.2) is 24.3 Å². The summed E-state index contributed by atoms with van der Waals surface area (Å²) in [5.41, 5.74) is 1.40. The van der Waals surface area contributed by atoms with E-state index >= 15 is 0 Å². The molecule has 2 N–H and O–H groups in total. The zero-order chi connectivity index (χ0) is 16.7. The number of ether oxygens (including phenoxy) is 1. The standard InChI is InChI=1S/C18H27NO4/c1-23-11-3-9-18(14-20)8-2-10-19(13-18)12-15-4-6-16(7-5-15)17(21)22/h4-7,20H,2-3,8-14H2,1H3,(H,21,22)/t18-/m0/s1. The minimum Gasteiger partial charge on any atom is -0.478 e. The molecule has 1 aromatic carbocycles. The number of rotatable bonds is 8. The van der Waals surface area contributed by atoms with E-state index in [-0.39, 0.29) is 12.0 Å². The van der Waals surface area contributed by atoms with Gasteiger partial charge in [-0.3, -0.25) is 4.90 Å². The van der Waals surface area contributed by atoms with Crippen molar-refractivity contribution in [1.82, 2.24) is 4.90 Å². The smallest absolute Gasteiger partial charge is 0.335 e. The third kappa shape index (κ3) is 5.03. The number of carboxylic acids is 1. The predicted octanol–water partition coefficient (Wildman–Crippen LogP) is 2.39. The Morgan fingerprint density at radius 1 is 1.35 bits per heavy atom. The molecule has 1 heterocycles. The second kappa shape index (κ2) is 8.43. The number of hydrogen-bond acceptors (Lipinski definition) is 4. The summed E-state index contributed by atoms with van der Waals surface area (Å²) in [5, 5.41) is 18.8. The highest BCUT2D eigenvalue weighted by atomic mass is 16.5. The summed E-state index contributed by atoms with van der Waals surface area (Å²) in [4.78, 5) is 13.3. The first-order valence-corrected chi connectivity index (χ1v) is 8.23. The number of likely N-dealkylation sites (tertiary alicyclic amines) is 1. The number of hydrogen-bond donors (Lipinski definition) is 2. The van der Waals surface area contributed by atoms with E-state index in [9.17, 15) is 9.90 Å². The molecule has 5 heteroatoms. The van der Waals surface area contributed by atoms with Crippen LogP contribution in [0.2, 0.25) is 0 Å². The molecule has 0 aromatic heterocycles. The molecule has 23 heavy (non-hydrogen) atoms. The van der Waals surface area contributed by atoms with Gasteiger partial charge in [-0.25, -0.2) is 4.79 Å². The molecule has 128 valence electrons. The summed E-state index contributed by atoms with van der Waals surface area (Å²) in [6.07, 6.45) is 4.09. The summed E-state index contributed by atoms with van der Waals surface area (Å²) in [6, 6.07) is 7.06. The van der Waals surface area contributed by atoms with Crippen molar-refractivity contribution in [2.24, 2.45) is 5.41 Å². The number of carbonyl (C=O) groups is 1. The first kappa shape index (κ1) is 17.9. The molecule has 1 fully saturated rings. The molecule has 1 aliphatic heterocycles. The van der Waals surface area contributed by atoms with E-state index in [4.69, 9.17) is 9.84 Å². The molecule has 0 radical (unpaired) electrons. The highest BCUT2D eigenvalue weighted by Crippen LogP contribution is 2.34. The molecule has 0 unspecified atom stereocenters. The van der Waals surface area contributed by atoms with Gasteiger partial charge >= 0.3 is 5.97 Å². The van der Waals surface area contributed by atoms with Crippen LogP contribution in [0.25, 0.3) is 0 Å². The fourth-order valence-corrected chi connectivity index (χ4v) is 3.46. The normalized spacial score (nSPS) is 22.2. The van der Waals surface area contributed by atoms with Gasteiger partial charge in [0.05, 0.1) is 5.56 Å². The number of nitrogens with zero attached hydrogens (tertiary/aromatic N) is 1. The van der Waals surface area contributed by atoms with Crippen molar-refractivity contribution in [1.29, 1.82) is 0 Å². The Balaban J connectivity index is 1.95. The van der Waals surface area contributed by atoms with Crippen LogP contribution in [0.3, 0.4) is 0 Å². The fraction of sp³-hybridized carbons (Fsp3) is 0.611. The van der Waals surface area contributed by atoms with Crippen molar-refractivity contribution in [2.75, 3.05) is 33.4 Å². The number of methoxy groups -OCH3 is 1. The monoisotopic (exact) mass is 321 g/mol. The van der Waals surface area contributed by atoms with Gasteiger partial charge in [-0.05, 0) is 49.9 Å². The molecule has 1 aliphatic rings. The molecule has 0 saturated carbocycles. The van der Waals surface area contributed by atoms with E-state index in [1.807, 2.05) is 12.1 Å². The number of piperidine rings is 1. The minimum atomic E-state index is -0.896. The van der Waals surface area contributed by atoms with Crippen molar-refractivity contribution in [3.8, 4) is 0 Å². The second-order valence-electron chi connectivity index (χ2n) is 6.57. The molecule has 0 amide bonds. The topological polar surface area (TPSA) is 70.0 Å². The highest BCUT2D eigenvalue weighted by Gasteiger charge is 2.34. The molecule has 5 nitrogen and oxygen atoms in total. The van der Waals surface area contributed by atoms with Crippen molar-refractivity contribution >= 4 is 5.97 Å². The van der Waals surface area contributed by atoms with Gasteiger partial charge in [0.2, 0.25) is 0 Å². The lowest BCUT2D eigenvalue weighted by Crippen LogP contribution is -2.45. The molecule has 0 aliphatic carbocycles. The molecule has 1 saturated heterocycles. The van der Waals surface area contributed by atoms with E-state index in [0.717, 1.165) is 57.5 Å². The third-order valence-corrected chi connectivity index (χ3v) is 4.74. The van der Waals surface area contributed by atoms with E-state index in [0.29, 0.717) is 5.56 Å². The lowest BCUT2D eigenvalue weighted by molar-refractivity contribution is 0.0158. The van der Waals surface area contributed by atoms with Gasteiger partial charge in [-0.15, -0.1) is 0 Å². The zero-order valence-electron chi connectivity index (χ0n) is 13.8. The van der Waals surface area contributed by atoms with Gasteiger partial charge in [-0.1, -0.05) is 12.1 Å². The number of aromatic carboxylic acids is 1. The summed E-state index contributed by atoms with van der Waals surface area (Å²) in [6.45, 7) is 3.65. The lowest BCUT2D eigenvalue weighted by atomic mass is 9.77. The van der Waals surface area contributed by atoms with Gasteiger partial charge in [-0.2, -0.15) is 0 Å². The lowest BCUT2D eigenvalue weighted by Gasteiger charge is -2.42. The maximum atomic E-state index is 10.9. The first-order valence-electron chi connectivity index (χ1n) is 8.23. The maximum Gasteiger partial charge on any atom is 0.335 e. The van der Waals surface area contributed by atoms with Crippen molar-refractivity contribution in [3.05, 3.63) is 35.4 Å². The van der Waals surface area contributed by atoms with Crippen molar-refractivity contribution in [3.63, 3.8) is 0 Å². The SMILES string of the molecule is COCCC[C@@]1(CO)CCCN(Cc2ccc(C(=O)O)cc2)C1. The summed E-state index contributed by atoms with van der Waals surface area (Å²) >= 11 is 0. The number of aliphatic hydroxyl groups is 1. The van der Waals surface area contributed by atoms with E-state index in [2.05, 4.69) is 4.90 Å². The number of aliphatic hydroxyl groups excluding tert-OH is 1. The van der Waals surface area contributed by atoms with Gasteiger partial charge in [0.15, 0.2) is 0 Å². The Morgan fingerprint density at radius 2 is 2.09 bits per heavy atom. The minimum absolute atomic E-state index is 0.0300. The Labute approximate surface area is 137 Å². The van der Waals surface area contributed by atoms with Crippen LogP contribution in [0.1, 0.15) is 41.6 Å². The predicted molar refractivity (Wildman–Crippen MR) is 88.5 cm³/mol. The maximum absolute atomic E-state index is 10.9. The zero-order valence-corrected chi connectivity index (χ0v) is 13.8. The highest BCUT2D eigenvalue weighted by molar-refractivity contribution is 5.87.